The van der Waals surface area contributed by atoms with Gasteiger partial charge in [0.2, 0.25) is 0 Å². The average Bonchev–Trinajstić information content (AvgIpc) is 1.95. The number of hydrogen-bond donors (Lipinski definition) is 1. The quantitative estimate of drug-likeness (QED) is 0.750. The topological polar surface area (TPSA) is 33.1 Å². The van der Waals surface area contributed by atoms with Crippen molar-refractivity contribution in [3.63, 3.8) is 0 Å². The number of aliphatic hydroxyl groups excluding tert-OH is 1. The molecule has 0 aliphatic carbocycles. The number of aliphatic hydroxyl groups is 1. The van der Waals surface area contributed by atoms with Gasteiger partial charge in [-0.2, -0.15) is 0 Å². The molecule has 0 radical (unpaired) electrons. The highest BCUT2D eigenvalue weighted by Crippen LogP contribution is 2.13. The van der Waals surface area contributed by atoms with E-state index in [9.17, 15) is 0 Å². The van der Waals surface area contributed by atoms with Crippen LogP contribution in [-0.2, 0) is 6.61 Å². The molecule has 1 heterocycles. The van der Waals surface area contributed by atoms with Gasteiger partial charge in [0.15, 0.2) is 0 Å². The van der Waals surface area contributed by atoms with E-state index in [0.29, 0.717) is 5.69 Å². The van der Waals surface area contributed by atoms with Gasteiger partial charge in [-0.1, -0.05) is 0 Å². The zero-order valence-corrected chi connectivity index (χ0v) is 7.22. The first kappa shape index (κ1) is 7.69. The standard InChI is InChI=1S/C7H8BrNO/c1-5-7(8)3-2-6(4-10)9-5/h2-3,10H,4H2,1H3. The Bertz CT molecular complexity index is 237. The minimum Gasteiger partial charge on any atom is -0.390 e. The molecule has 0 atom stereocenters. The van der Waals surface area contributed by atoms with Crippen LogP contribution in [-0.4, -0.2) is 10.1 Å². The smallest absolute Gasteiger partial charge is 0.0853 e. The predicted octanol–water partition coefficient (Wildman–Crippen LogP) is 1.64. The molecule has 0 fully saturated rings. The van der Waals surface area contributed by atoms with Crippen molar-refractivity contribution in [1.29, 1.82) is 0 Å². The summed E-state index contributed by atoms with van der Waals surface area (Å²) in [6.45, 7) is 1.90. The van der Waals surface area contributed by atoms with Crippen LogP contribution in [0.1, 0.15) is 11.4 Å². The Morgan fingerprint density at radius 3 is 2.80 bits per heavy atom. The fourth-order valence-corrected chi connectivity index (χ4v) is 0.905. The van der Waals surface area contributed by atoms with Gasteiger partial charge in [0.1, 0.15) is 0 Å². The van der Waals surface area contributed by atoms with Crippen LogP contribution in [0.3, 0.4) is 0 Å². The van der Waals surface area contributed by atoms with E-state index in [1.54, 1.807) is 6.07 Å². The summed E-state index contributed by atoms with van der Waals surface area (Å²) < 4.78 is 0.977. The molecule has 2 nitrogen and oxygen atoms in total. The third-order valence-electron chi connectivity index (χ3n) is 1.24. The first-order valence-electron chi connectivity index (χ1n) is 2.97. The predicted molar refractivity (Wildman–Crippen MR) is 42.6 cm³/mol. The van der Waals surface area contributed by atoms with Crippen LogP contribution < -0.4 is 0 Å². The van der Waals surface area contributed by atoms with E-state index in [1.165, 1.54) is 0 Å². The Hall–Kier alpha value is -0.410. The summed E-state index contributed by atoms with van der Waals surface area (Å²) in [5, 5.41) is 8.68. The molecule has 1 aromatic heterocycles. The third kappa shape index (κ3) is 1.55. The van der Waals surface area contributed by atoms with E-state index in [-0.39, 0.29) is 6.61 Å². The van der Waals surface area contributed by atoms with Gasteiger partial charge in [-0.05, 0) is 35.0 Å². The van der Waals surface area contributed by atoms with Crippen molar-refractivity contribution in [2.45, 2.75) is 13.5 Å². The highest BCUT2D eigenvalue weighted by molar-refractivity contribution is 9.10. The second-order valence-corrected chi connectivity index (χ2v) is 2.88. The van der Waals surface area contributed by atoms with Crippen molar-refractivity contribution >= 4 is 15.9 Å². The van der Waals surface area contributed by atoms with Crippen LogP contribution >= 0.6 is 15.9 Å². The van der Waals surface area contributed by atoms with Gasteiger partial charge in [-0.25, -0.2) is 0 Å². The van der Waals surface area contributed by atoms with Gasteiger partial charge in [-0.3, -0.25) is 4.98 Å². The molecule has 54 valence electrons. The van der Waals surface area contributed by atoms with Crippen molar-refractivity contribution in [2.24, 2.45) is 0 Å². The van der Waals surface area contributed by atoms with Gasteiger partial charge in [-0.15, -0.1) is 0 Å². The van der Waals surface area contributed by atoms with E-state index in [2.05, 4.69) is 20.9 Å². The lowest BCUT2D eigenvalue weighted by atomic mass is 10.3. The summed E-state index contributed by atoms with van der Waals surface area (Å²) in [6, 6.07) is 3.67. The SMILES string of the molecule is Cc1nc(CO)ccc1Br. The molecule has 3 heteroatoms. The summed E-state index contributed by atoms with van der Waals surface area (Å²) in [4.78, 5) is 4.09. The van der Waals surface area contributed by atoms with Crippen LogP contribution in [0.5, 0.6) is 0 Å². The van der Waals surface area contributed by atoms with E-state index in [1.807, 2.05) is 13.0 Å². The van der Waals surface area contributed by atoms with Crippen LogP contribution in [0.15, 0.2) is 16.6 Å². The molecular weight excluding hydrogens is 194 g/mol. The molecule has 10 heavy (non-hydrogen) atoms. The molecular formula is C7H8BrNO. The summed E-state index contributed by atoms with van der Waals surface area (Å²) in [5.41, 5.74) is 1.62. The molecule has 0 amide bonds. The molecule has 0 bridgehead atoms. The van der Waals surface area contributed by atoms with Crippen LogP contribution in [0.4, 0.5) is 0 Å². The van der Waals surface area contributed by atoms with Crippen LogP contribution in [0.2, 0.25) is 0 Å². The second-order valence-electron chi connectivity index (χ2n) is 2.03. The fraction of sp³-hybridized carbons (Fsp3) is 0.286. The fourth-order valence-electron chi connectivity index (χ4n) is 0.684. The lowest BCUT2D eigenvalue weighted by molar-refractivity contribution is 0.276. The Kier molecular flexibility index (Phi) is 2.40. The van der Waals surface area contributed by atoms with Crippen molar-refractivity contribution < 1.29 is 5.11 Å². The number of hydrogen-bond acceptors (Lipinski definition) is 2. The Morgan fingerprint density at radius 2 is 2.30 bits per heavy atom. The maximum absolute atomic E-state index is 8.68. The van der Waals surface area contributed by atoms with Gasteiger partial charge >= 0.3 is 0 Å². The van der Waals surface area contributed by atoms with Gasteiger partial charge in [0.25, 0.3) is 0 Å². The van der Waals surface area contributed by atoms with E-state index < -0.39 is 0 Å². The highest BCUT2D eigenvalue weighted by atomic mass is 79.9. The second kappa shape index (κ2) is 3.12. The first-order chi connectivity index (χ1) is 4.74. The lowest BCUT2D eigenvalue weighted by Crippen LogP contribution is -1.91. The molecule has 0 aromatic carbocycles. The Balaban J connectivity index is 3.04. The molecule has 0 saturated carbocycles. The molecule has 1 N–H and O–H groups in total. The number of nitrogens with zero attached hydrogens (tertiary/aromatic N) is 1. The molecule has 0 saturated heterocycles. The lowest BCUT2D eigenvalue weighted by Gasteiger charge is -1.98. The Morgan fingerprint density at radius 1 is 1.60 bits per heavy atom. The van der Waals surface area contributed by atoms with E-state index >= 15 is 0 Å². The number of aryl methyl sites for hydroxylation is 1. The minimum absolute atomic E-state index is 0.00806. The maximum Gasteiger partial charge on any atom is 0.0853 e. The zero-order valence-electron chi connectivity index (χ0n) is 5.63. The zero-order chi connectivity index (χ0) is 7.56. The normalized spacial score (nSPS) is 9.90. The highest BCUT2D eigenvalue weighted by Gasteiger charge is 1.95. The summed E-state index contributed by atoms with van der Waals surface area (Å²) in [6.07, 6.45) is 0. The maximum atomic E-state index is 8.68. The van der Waals surface area contributed by atoms with E-state index in [0.717, 1.165) is 10.2 Å². The number of halogens is 1. The number of rotatable bonds is 1. The van der Waals surface area contributed by atoms with E-state index in [4.69, 9.17) is 5.11 Å². The molecule has 0 aliphatic heterocycles. The van der Waals surface area contributed by atoms with Gasteiger partial charge in [0, 0.05) is 4.47 Å². The first-order valence-corrected chi connectivity index (χ1v) is 3.76. The number of pyridine rings is 1. The Labute approximate surface area is 68.0 Å². The van der Waals surface area contributed by atoms with Crippen LogP contribution in [0.25, 0.3) is 0 Å². The molecule has 0 unspecified atom stereocenters. The minimum atomic E-state index is 0.00806. The molecule has 1 aromatic rings. The van der Waals surface area contributed by atoms with Crippen LogP contribution in [0, 0.1) is 6.92 Å². The monoisotopic (exact) mass is 201 g/mol. The van der Waals surface area contributed by atoms with Gasteiger partial charge < -0.3 is 5.11 Å². The largest absolute Gasteiger partial charge is 0.390 e. The van der Waals surface area contributed by atoms with Crippen molar-refractivity contribution in [1.82, 2.24) is 4.98 Å². The molecule has 0 spiro atoms. The summed E-state index contributed by atoms with van der Waals surface area (Å²) in [5.74, 6) is 0. The summed E-state index contributed by atoms with van der Waals surface area (Å²) in [7, 11) is 0. The van der Waals surface area contributed by atoms with Crippen molar-refractivity contribution in [3.8, 4) is 0 Å². The average molecular weight is 202 g/mol. The summed E-state index contributed by atoms with van der Waals surface area (Å²) >= 11 is 3.31. The molecule has 1 rings (SSSR count). The number of aromatic nitrogens is 1. The van der Waals surface area contributed by atoms with Crippen molar-refractivity contribution in [3.05, 3.63) is 28.0 Å². The third-order valence-corrected chi connectivity index (χ3v) is 2.08. The molecule has 0 aliphatic rings. The van der Waals surface area contributed by atoms with Gasteiger partial charge in [0.05, 0.1) is 18.0 Å². The van der Waals surface area contributed by atoms with Crippen molar-refractivity contribution in [2.75, 3.05) is 0 Å².